The van der Waals surface area contributed by atoms with E-state index in [1.165, 1.54) is 12.1 Å². The zero-order chi connectivity index (χ0) is 16.9. The molecule has 0 heterocycles. The molecule has 1 aromatic carbocycles. The number of hydrogen-bond acceptors (Lipinski definition) is 3. The van der Waals surface area contributed by atoms with Gasteiger partial charge in [0.25, 0.3) is 0 Å². The molecule has 0 unspecified atom stereocenters. The lowest BCUT2D eigenvalue weighted by Crippen LogP contribution is -2.29. The van der Waals surface area contributed by atoms with Gasteiger partial charge in [0, 0.05) is 5.57 Å². The molecule has 0 aromatic heterocycles. The number of benzene rings is 1. The monoisotopic (exact) mass is 336 g/mol. The minimum absolute atomic E-state index is 0.0558. The summed E-state index contributed by atoms with van der Waals surface area (Å²) in [6, 6.07) is 6.22. The quantitative estimate of drug-likeness (QED) is 0.866. The molecule has 1 aromatic rings. The Labute approximate surface area is 138 Å². The molecule has 126 valence electrons. The van der Waals surface area contributed by atoms with Crippen molar-refractivity contribution in [2.45, 2.75) is 56.4 Å². The minimum atomic E-state index is -3.74. The first-order valence-electron chi connectivity index (χ1n) is 8.04. The molecular formula is C17H24N2O3S. The van der Waals surface area contributed by atoms with E-state index in [9.17, 15) is 13.2 Å². The third-order valence-electron chi connectivity index (χ3n) is 4.14. The fourth-order valence-electron chi connectivity index (χ4n) is 2.80. The first-order valence-corrected chi connectivity index (χ1v) is 9.59. The van der Waals surface area contributed by atoms with Gasteiger partial charge in [-0.05, 0) is 49.8 Å². The number of hydrogen-bond donors (Lipinski definition) is 2. The van der Waals surface area contributed by atoms with Gasteiger partial charge in [0.1, 0.15) is 0 Å². The molecule has 1 aliphatic carbocycles. The smallest absolute Gasteiger partial charge is 0.247 e. The molecule has 2 rings (SSSR count). The number of rotatable bonds is 5. The summed E-state index contributed by atoms with van der Waals surface area (Å²) in [6.07, 6.45) is 7.77. The van der Waals surface area contributed by atoms with Gasteiger partial charge in [-0.3, -0.25) is 4.79 Å². The minimum Gasteiger partial charge on any atom is -0.346 e. The van der Waals surface area contributed by atoms with Gasteiger partial charge < -0.3 is 5.32 Å². The van der Waals surface area contributed by atoms with E-state index in [-0.39, 0.29) is 16.8 Å². The van der Waals surface area contributed by atoms with Crippen molar-refractivity contribution in [3.05, 3.63) is 41.5 Å². The highest BCUT2D eigenvalue weighted by Gasteiger charge is 2.18. The number of sulfonamides is 1. The lowest BCUT2D eigenvalue weighted by molar-refractivity contribution is -0.118. The normalized spacial score (nSPS) is 17.0. The zero-order valence-electron chi connectivity index (χ0n) is 13.4. The number of nitrogens with one attached hydrogen (secondary N) is 1. The third kappa shape index (κ3) is 4.91. The van der Waals surface area contributed by atoms with E-state index >= 15 is 0 Å². The predicted octanol–water partition coefficient (Wildman–Crippen LogP) is 2.79. The molecule has 0 aliphatic heterocycles. The molecule has 5 nitrogen and oxygen atoms in total. The number of allylic oxidation sites excluding steroid dienone is 1. The van der Waals surface area contributed by atoms with Crippen molar-refractivity contribution in [2.24, 2.45) is 5.14 Å². The van der Waals surface area contributed by atoms with Crippen LogP contribution in [0.1, 0.15) is 57.1 Å². The van der Waals surface area contributed by atoms with Crippen LogP contribution in [0.2, 0.25) is 0 Å². The molecule has 23 heavy (non-hydrogen) atoms. The Hall–Kier alpha value is -1.66. The molecule has 1 aliphatic rings. The van der Waals surface area contributed by atoms with Crippen molar-refractivity contribution in [3.63, 3.8) is 0 Å². The number of primary sulfonamides is 1. The van der Waals surface area contributed by atoms with E-state index in [0.29, 0.717) is 6.42 Å². The standard InChI is InChI=1S/C17H24N2O3S/c1-2-16(14-10-7-11-15(12-14)23(18,21)22)19-17(20)13-8-5-3-4-6-9-13/h7-8,10-12,16H,2-6,9H2,1H3,(H,19,20)(H2,18,21,22)/t16-/m1/s1. The Kier molecular flexibility index (Phi) is 5.96. The zero-order valence-corrected chi connectivity index (χ0v) is 14.2. The van der Waals surface area contributed by atoms with Crippen LogP contribution in [0.4, 0.5) is 0 Å². The van der Waals surface area contributed by atoms with Crippen molar-refractivity contribution in [2.75, 3.05) is 0 Å². The van der Waals surface area contributed by atoms with Gasteiger partial charge in [-0.1, -0.05) is 31.6 Å². The summed E-state index contributed by atoms with van der Waals surface area (Å²) >= 11 is 0. The van der Waals surface area contributed by atoms with Crippen molar-refractivity contribution >= 4 is 15.9 Å². The van der Waals surface area contributed by atoms with Crippen LogP contribution in [0, 0.1) is 0 Å². The molecule has 3 N–H and O–H groups in total. The largest absolute Gasteiger partial charge is 0.346 e. The van der Waals surface area contributed by atoms with Crippen LogP contribution < -0.4 is 10.5 Å². The average Bonchev–Trinajstić information content (AvgIpc) is 2.81. The number of carbonyl (C=O) groups is 1. The Morgan fingerprint density at radius 2 is 2.09 bits per heavy atom. The molecule has 0 saturated carbocycles. The van der Waals surface area contributed by atoms with Crippen molar-refractivity contribution in [1.29, 1.82) is 0 Å². The maximum absolute atomic E-state index is 12.5. The number of nitrogens with two attached hydrogens (primary N) is 1. The van der Waals surface area contributed by atoms with Crippen LogP contribution >= 0.6 is 0 Å². The van der Waals surface area contributed by atoms with Crippen LogP contribution in [0.25, 0.3) is 0 Å². The Morgan fingerprint density at radius 1 is 1.30 bits per heavy atom. The van der Waals surface area contributed by atoms with E-state index < -0.39 is 10.0 Å². The molecule has 1 amide bonds. The van der Waals surface area contributed by atoms with E-state index in [1.807, 2.05) is 19.1 Å². The van der Waals surface area contributed by atoms with Gasteiger partial charge in [-0.25, -0.2) is 13.6 Å². The summed E-state index contributed by atoms with van der Waals surface area (Å²) in [5, 5.41) is 8.19. The van der Waals surface area contributed by atoms with Crippen molar-refractivity contribution in [1.82, 2.24) is 5.32 Å². The fraction of sp³-hybridized carbons (Fsp3) is 0.471. The molecule has 0 fully saturated rings. The highest BCUT2D eigenvalue weighted by atomic mass is 32.2. The van der Waals surface area contributed by atoms with Gasteiger partial charge in [-0.2, -0.15) is 0 Å². The van der Waals surface area contributed by atoms with E-state index in [1.54, 1.807) is 6.07 Å². The summed E-state index contributed by atoms with van der Waals surface area (Å²) < 4.78 is 23.0. The van der Waals surface area contributed by atoms with Gasteiger partial charge in [0.2, 0.25) is 15.9 Å². The van der Waals surface area contributed by atoms with Crippen LogP contribution in [0.5, 0.6) is 0 Å². The van der Waals surface area contributed by atoms with Crippen LogP contribution in [0.3, 0.4) is 0 Å². The highest BCUT2D eigenvalue weighted by molar-refractivity contribution is 7.89. The highest BCUT2D eigenvalue weighted by Crippen LogP contribution is 2.22. The van der Waals surface area contributed by atoms with Crippen molar-refractivity contribution < 1.29 is 13.2 Å². The molecule has 0 radical (unpaired) electrons. The second-order valence-corrected chi connectivity index (χ2v) is 7.44. The molecule has 0 bridgehead atoms. The van der Waals surface area contributed by atoms with E-state index in [2.05, 4.69) is 5.32 Å². The maximum Gasteiger partial charge on any atom is 0.247 e. The first kappa shape index (κ1) is 17.7. The molecule has 6 heteroatoms. The number of amides is 1. The Morgan fingerprint density at radius 3 is 2.78 bits per heavy atom. The maximum atomic E-state index is 12.5. The summed E-state index contributed by atoms with van der Waals surface area (Å²) in [5.74, 6) is -0.0558. The summed E-state index contributed by atoms with van der Waals surface area (Å²) in [7, 11) is -3.74. The molecular weight excluding hydrogens is 312 g/mol. The molecule has 0 saturated heterocycles. The van der Waals surface area contributed by atoms with Gasteiger partial charge in [0.15, 0.2) is 0 Å². The van der Waals surface area contributed by atoms with Crippen molar-refractivity contribution in [3.8, 4) is 0 Å². The summed E-state index contributed by atoms with van der Waals surface area (Å²) in [6.45, 7) is 1.95. The number of carbonyl (C=O) groups excluding carboxylic acids is 1. The second kappa shape index (κ2) is 7.75. The van der Waals surface area contributed by atoms with Gasteiger partial charge in [-0.15, -0.1) is 0 Å². The Balaban J connectivity index is 2.16. The summed E-state index contributed by atoms with van der Waals surface area (Å²) in [4.78, 5) is 12.5. The van der Waals surface area contributed by atoms with Gasteiger partial charge in [0.05, 0.1) is 10.9 Å². The van der Waals surface area contributed by atoms with Gasteiger partial charge >= 0.3 is 0 Å². The lowest BCUT2D eigenvalue weighted by atomic mass is 10.0. The Bertz CT molecular complexity index is 696. The third-order valence-corrected chi connectivity index (χ3v) is 5.05. The van der Waals surface area contributed by atoms with Crippen LogP contribution in [-0.2, 0) is 14.8 Å². The molecule has 0 spiro atoms. The predicted molar refractivity (Wildman–Crippen MR) is 90.2 cm³/mol. The first-order chi connectivity index (χ1) is 10.9. The van der Waals surface area contributed by atoms with Crippen LogP contribution in [-0.4, -0.2) is 14.3 Å². The summed E-state index contributed by atoms with van der Waals surface area (Å²) in [5.41, 5.74) is 1.59. The van der Waals surface area contributed by atoms with Crippen LogP contribution in [0.15, 0.2) is 40.8 Å². The van der Waals surface area contributed by atoms with E-state index in [0.717, 1.165) is 43.2 Å². The SMILES string of the molecule is CC[C@@H](NC(=O)C1=CCCCCC1)c1cccc(S(N)(=O)=O)c1. The molecule has 1 atom stereocenters. The average molecular weight is 336 g/mol. The fourth-order valence-corrected chi connectivity index (χ4v) is 3.37. The second-order valence-electron chi connectivity index (χ2n) is 5.88. The topological polar surface area (TPSA) is 89.3 Å². The lowest BCUT2D eigenvalue weighted by Gasteiger charge is -2.19. The van der Waals surface area contributed by atoms with E-state index in [4.69, 9.17) is 5.14 Å².